The monoisotopic (exact) mass is 272 g/mol. The van der Waals surface area contributed by atoms with Gasteiger partial charge in [-0.25, -0.2) is 0 Å². The highest BCUT2D eigenvalue weighted by molar-refractivity contribution is 5.34. The average molecular weight is 272 g/mol. The number of nitrogens with zero attached hydrogens (tertiary/aromatic N) is 1. The minimum atomic E-state index is -0.405. The quantitative estimate of drug-likeness (QED) is 0.912. The third-order valence-electron chi connectivity index (χ3n) is 4.22. The summed E-state index contributed by atoms with van der Waals surface area (Å²) in [4.78, 5) is 0. The SMILES string of the molecule is CCNC1(C#N)CCCC(Oc2ccc(C)c(C)c2)C1. The Bertz CT molecular complexity index is 502. The lowest BCUT2D eigenvalue weighted by Gasteiger charge is -2.36. The second-order valence-corrected chi connectivity index (χ2v) is 5.81. The van der Waals surface area contributed by atoms with Gasteiger partial charge in [0, 0.05) is 6.42 Å². The molecule has 0 heterocycles. The predicted octanol–water partition coefficient (Wildman–Crippen LogP) is 3.50. The molecule has 0 spiro atoms. The van der Waals surface area contributed by atoms with Crippen LogP contribution in [0.25, 0.3) is 0 Å². The summed E-state index contributed by atoms with van der Waals surface area (Å²) in [6.07, 6.45) is 3.89. The standard InChI is InChI=1S/C17H24N2O/c1-4-19-17(12-18)9-5-6-16(11-17)20-15-8-7-13(2)14(3)10-15/h7-8,10,16,19H,4-6,9,11H2,1-3H3. The van der Waals surface area contributed by atoms with E-state index >= 15 is 0 Å². The summed E-state index contributed by atoms with van der Waals surface area (Å²) in [5.74, 6) is 0.920. The molecule has 1 aliphatic rings. The molecule has 0 radical (unpaired) electrons. The zero-order valence-corrected chi connectivity index (χ0v) is 12.7. The third-order valence-corrected chi connectivity index (χ3v) is 4.22. The van der Waals surface area contributed by atoms with Gasteiger partial charge in [0.2, 0.25) is 0 Å². The summed E-state index contributed by atoms with van der Waals surface area (Å²) < 4.78 is 6.10. The van der Waals surface area contributed by atoms with Crippen LogP contribution in [0.1, 0.15) is 43.7 Å². The van der Waals surface area contributed by atoms with Crippen molar-refractivity contribution < 1.29 is 4.74 Å². The van der Waals surface area contributed by atoms with Gasteiger partial charge in [0.25, 0.3) is 0 Å². The first-order chi connectivity index (χ1) is 9.58. The van der Waals surface area contributed by atoms with Crippen LogP contribution in [0.2, 0.25) is 0 Å². The van der Waals surface area contributed by atoms with E-state index in [9.17, 15) is 5.26 Å². The van der Waals surface area contributed by atoms with Crippen LogP contribution in [-0.4, -0.2) is 18.2 Å². The van der Waals surface area contributed by atoms with Crippen molar-refractivity contribution in [3.63, 3.8) is 0 Å². The van der Waals surface area contributed by atoms with Crippen LogP contribution >= 0.6 is 0 Å². The van der Waals surface area contributed by atoms with Crippen LogP contribution in [0, 0.1) is 25.2 Å². The van der Waals surface area contributed by atoms with Crippen LogP contribution in [0.4, 0.5) is 0 Å². The molecule has 2 unspecified atom stereocenters. The van der Waals surface area contributed by atoms with Gasteiger partial charge in [0.05, 0.1) is 6.07 Å². The molecular weight excluding hydrogens is 248 g/mol. The first kappa shape index (κ1) is 14.9. The molecule has 0 bridgehead atoms. The summed E-state index contributed by atoms with van der Waals surface area (Å²) in [7, 11) is 0. The number of rotatable bonds is 4. The maximum absolute atomic E-state index is 9.47. The fraction of sp³-hybridized carbons (Fsp3) is 0.588. The van der Waals surface area contributed by atoms with Crippen molar-refractivity contribution >= 4 is 0 Å². The van der Waals surface area contributed by atoms with E-state index < -0.39 is 5.54 Å². The normalized spacial score (nSPS) is 26.0. The second-order valence-electron chi connectivity index (χ2n) is 5.81. The van der Waals surface area contributed by atoms with Crippen molar-refractivity contribution in [1.82, 2.24) is 5.32 Å². The van der Waals surface area contributed by atoms with E-state index in [4.69, 9.17) is 4.74 Å². The van der Waals surface area contributed by atoms with E-state index in [2.05, 4.69) is 37.4 Å². The average Bonchev–Trinajstić information content (AvgIpc) is 2.44. The van der Waals surface area contributed by atoms with Crippen molar-refractivity contribution in [3.05, 3.63) is 29.3 Å². The first-order valence-electron chi connectivity index (χ1n) is 7.49. The van der Waals surface area contributed by atoms with Gasteiger partial charge in [0.15, 0.2) is 0 Å². The maximum Gasteiger partial charge on any atom is 0.120 e. The predicted molar refractivity (Wildman–Crippen MR) is 80.8 cm³/mol. The van der Waals surface area contributed by atoms with E-state index in [0.29, 0.717) is 0 Å². The summed E-state index contributed by atoms with van der Waals surface area (Å²) >= 11 is 0. The fourth-order valence-electron chi connectivity index (χ4n) is 2.94. The van der Waals surface area contributed by atoms with Crippen molar-refractivity contribution in [2.24, 2.45) is 0 Å². The van der Waals surface area contributed by atoms with E-state index in [1.54, 1.807) is 0 Å². The molecule has 0 amide bonds. The smallest absolute Gasteiger partial charge is 0.120 e. The molecule has 1 aromatic carbocycles. The molecule has 0 aliphatic heterocycles. The molecule has 1 saturated carbocycles. The van der Waals surface area contributed by atoms with Crippen LogP contribution in [-0.2, 0) is 0 Å². The number of hydrogen-bond acceptors (Lipinski definition) is 3. The van der Waals surface area contributed by atoms with Crippen LogP contribution < -0.4 is 10.1 Å². The highest BCUT2D eigenvalue weighted by Gasteiger charge is 2.36. The van der Waals surface area contributed by atoms with Gasteiger partial charge in [-0.05, 0) is 62.9 Å². The van der Waals surface area contributed by atoms with Crippen LogP contribution in [0.3, 0.4) is 0 Å². The molecule has 0 aromatic heterocycles. The van der Waals surface area contributed by atoms with Gasteiger partial charge in [-0.3, -0.25) is 5.32 Å². The van der Waals surface area contributed by atoms with Crippen molar-refractivity contribution in [2.45, 2.75) is 58.1 Å². The summed E-state index contributed by atoms with van der Waals surface area (Å²) in [5.41, 5.74) is 2.12. The Morgan fingerprint density at radius 2 is 2.20 bits per heavy atom. The summed E-state index contributed by atoms with van der Waals surface area (Å²) in [6, 6.07) is 8.67. The molecule has 1 aromatic rings. The Morgan fingerprint density at radius 1 is 1.40 bits per heavy atom. The largest absolute Gasteiger partial charge is 0.490 e. The lowest BCUT2D eigenvalue weighted by molar-refractivity contribution is 0.113. The highest BCUT2D eigenvalue weighted by atomic mass is 16.5. The van der Waals surface area contributed by atoms with Crippen molar-refractivity contribution in [3.8, 4) is 11.8 Å². The fourth-order valence-corrected chi connectivity index (χ4v) is 2.94. The molecule has 0 saturated heterocycles. The molecule has 3 nitrogen and oxygen atoms in total. The molecule has 3 heteroatoms. The molecule has 20 heavy (non-hydrogen) atoms. The second kappa shape index (κ2) is 6.28. The number of aryl methyl sites for hydroxylation is 2. The number of benzene rings is 1. The van der Waals surface area contributed by atoms with Gasteiger partial charge in [-0.2, -0.15) is 5.26 Å². The minimum Gasteiger partial charge on any atom is -0.490 e. The maximum atomic E-state index is 9.47. The Balaban J connectivity index is 2.06. The molecule has 108 valence electrons. The molecule has 1 fully saturated rings. The van der Waals surface area contributed by atoms with Gasteiger partial charge < -0.3 is 4.74 Å². The first-order valence-corrected chi connectivity index (χ1v) is 7.49. The van der Waals surface area contributed by atoms with Gasteiger partial charge >= 0.3 is 0 Å². The summed E-state index contributed by atoms with van der Waals surface area (Å²) in [5, 5.41) is 12.8. The summed E-state index contributed by atoms with van der Waals surface area (Å²) in [6.45, 7) is 7.07. The Morgan fingerprint density at radius 3 is 2.85 bits per heavy atom. The van der Waals surface area contributed by atoms with Gasteiger partial charge in [-0.1, -0.05) is 13.0 Å². The minimum absolute atomic E-state index is 0.129. The van der Waals surface area contributed by atoms with Gasteiger partial charge in [0.1, 0.15) is 17.4 Å². The Hall–Kier alpha value is -1.53. The van der Waals surface area contributed by atoms with Crippen molar-refractivity contribution in [1.29, 1.82) is 5.26 Å². The zero-order chi connectivity index (χ0) is 14.6. The zero-order valence-electron chi connectivity index (χ0n) is 12.7. The molecular formula is C17H24N2O. The lowest BCUT2D eigenvalue weighted by atomic mass is 9.81. The van der Waals surface area contributed by atoms with Crippen LogP contribution in [0.15, 0.2) is 18.2 Å². The topological polar surface area (TPSA) is 45.0 Å². The third kappa shape index (κ3) is 3.32. The molecule has 2 rings (SSSR count). The Kier molecular flexibility index (Phi) is 4.67. The molecule has 1 aliphatic carbocycles. The van der Waals surface area contributed by atoms with E-state index in [0.717, 1.165) is 38.0 Å². The number of ether oxygens (including phenoxy) is 1. The van der Waals surface area contributed by atoms with Crippen LogP contribution in [0.5, 0.6) is 5.75 Å². The number of nitriles is 1. The number of nitrogens with one attached hydrogen (secondary N) is 1. The van der Waals surface area contributed by atoms with E-state index in [-0.39, 0.29) is 6.10 Å². The van der Waals surface area contributed by atoms with Crippen molar-refractivity contribution in [2.75, 3.05) is 6.54 Å². The highest BCUT2D eigenvalue weighted by Crippen LogP contribution is 2.31. The molecule has 1 N–H and O–H groups in total. The van der Waals surface area contributed by atoms with Gasteiger partial charge in [-0.15, -0.1) is 0 Å². The molecule has 2 atom stereocenters. The Labute approximate surface area is 121 Å². The lowest BCUT2D eigenvalue weighted by Crippen LogP contribution is -2.49. The van der Waals surface area contributed by atoms with E-state index in [1.807, 2.05) is 13.0 Å². The van der Waals surface area contributed by atoms with E-state index in [1.165, 1.54) is 11.1 Å². The number of hydrogen-bond donors (Lipinski definition) is 1.